The Morgan fingerprint density at radius 2 is 1.67 bits per heavy atom. The van der Waals surface area contributed by atoms with E-state index >= 15 is 0 Å². The molecule has 1 aliphatic heterocycles. The van der Waals surface area contributed by atoms with E-state index in [1.807, 2.05) is 6.92 Å². The molecule has 4 rings (SSSR count). The van der Waals surface area contributed by atoms with Crippen molar-refractivity contribution < 1.29 is 22.8 Å². The first-order valence-corrected chi connectivity index (χ1v) is 9.26. The van der Waals surface area contributed by atoms with E-state index in [0.717, 1.165) is 28.7 Å². The SMILES string of the molecule is Cc1ccc2c(c1)C(c1ccc(F)cc1)N(C(=O)c1c(F)cccc1F)CC(=O)N2. The number of nitrogens with one attached hydrogen (secondary N) is 1. The number of hydrogen-bond acceptors (Lipinski definition) is 2. The van der Waals surface area contributed by atoms with Crippen LogP contribution in [0.25, 0.3) is 0 Å². The van der Waals surface area contributed by atoms with E-state index in [9.17, 15) is 22.8 Å². The van der Waals surface area contributed by atoms with Crippen molar-refractivity contribution in [3.05, 3.63) is 100 Å². The number of carbonyl (C=O) groups is 2. The number of aryl methyl sites for hydroxylation is 1. The van der Waals surface area contributed by atoms with Crippen LogP contribution in [-0.2, 0) is 4.79 Å². The summed E-state index contributed by atoms with van der Waals surface area (Å²) in [5, 5.41) is 2.73. The molecule has 3 aromatic carbocycles. The van der Waals surface area contributed by atoms with Crippen molar-refractivity contribution in [3.8, 4) is 0 Å². The summed E-state index contributed by atoms with van der Waals surface area (Å²) < 4.78 is 42.3. The van der Waals surface area contributed by atoms with E-state index in [1.165, 1.54) is 24.3 Å². The van der Waals surface area contributed by atoms with Gasteiger partial charge in [0.15, 0.2) is 0 Å². The van der Waals surface area contributed by atoms with Gasteiger partial charge in [0.2, 0.25) is 5.91 Å². The van der Waals surface area contributed by atoms with Crippen LogP contribution in [0.5, 0.6) is 0 Å². The van der Waals surface area contributed by atoms with Crippen molar-refractivity contribution in [2.45, 2.75) is 13.0 Å². The summed E-state index contributed by atoms with van der Waals surface area (Å²) in [6.07, 6.45) is 0. The lowest BCUT2D eigenvalue weighted by molar-refractivity contribution is -0.117. The topological polar surface area (TPSA) is 49.4 Å². The first-order chi connectivity index (χ1) is 14.3. The summed E-state index contributed by atoms with van der Waals surface area (Å²) >= 11 is 0. The van der Waals surface area contributed by atoms with Crippen molar-refractivity contribution in [3.63, 3.8) is 0 Å². The molecule has 30 heavy (non-hydrogen) atoms. The van der Waals surface area contributed by atoms with Crippen LogP contribution in [0.2, 0.25) is 0 Å². The van der Waals surface area contributed by atoms with Gasteiger partial charge in [-0.3, -0.25) is 9.59 Å². The van der Waals surface area contributed by atoms with E-state index in [1.54, 1.807) is 18.2 Å². The molecule has 1 atom stereocenters. The average Bonchev–Trinajstić information content (AvgIpc) is 2.84. The van der Waals surface area contributed by atoms with Gasteiger partial charge in [-0.25, -0.2) is 13.2 Å². The first-order valence-electron chi connectivity index (χ1n) is 9.26. The molecule has 0 spiro atoms. The summed E-state index contributed by atoms with van der Waals surface area (Å²) in [6.45, 7) is 1.42. The van der Waals surface area contributed by atoms with Gasteiger partial charge in [-0.15, -0.1) is 0 Å². The van der Waals surface area contributed by atoms with E-state index in [0.29, 0.717) is 16.8 Å². The quantitative estimate of drug-likeness (QED) is 0.672. The minimum Gasteiger partial charge on any atom is -0.324 e. The molecule has 1 N–H and O–H groups in total. The van der Waals surface area contributed by atoms with Gasteiger partial charge in [0, 0.05) is 11.3 Å². The molecule has 2 amide bonds. The Balaban J connectivity index is 1.93. The molecule has 1 unspecified atom stereocenters. The van der Waals surface area contributed by atoms with Gasteiger partial charge in [0.25, 0.3) is 5.91 Å². The van der Waals surface area contributed by atoms with Crippen LogP contribution < -0.4 is 5.32 Å². The Hall–Kier alpha value is -3.61. The average molecular weight is 410 g/mol. The summed E-state index contributed by atoms with van der Waals surface area (Å²) in [5.74, 6) is -3.98. The maximum atomic E-state index is 14.4. The molecular weight excluding hydrogens is 393 g/mol. The standard InChI is InChI=1S/C23H17F3N2O2/c1-13-5-10-19-16(11-13)22(14-6-8-15(24)9-7-14)28(12-20(29)27-19)23(30)21-17(25)3-2-4-18(21)26/h2-11,22H,12H2,1H3,(H,27,29). The molecule has 152 valence electrons. The van der Waals surface area contributed by atoms with Gasteiger partial charge in [-0.05, 0) is 42.8 Å². The third-order valence-corrected chi connectivity index (χ3v) is 5.02. The van der Waals surface area contributed by atoms with Crippen LogP contribution in [0.1, 0.15) is 33.1 Å². The zero-order chi connectivity index (χ0) is 21.4. The molecule has 0 aliphatic carbocycles. The minimum atomic E-state index is -1.02. The third-order valence-electron chi connectivity index (χ3n) is 5.02. The summed E-state index contributed by atoms with van der Waals surface area (Å²) in [4.78, 5) is 26.9. The second kappa shape index (κ2) is 7.67. The summed E-state index contributed by atoms with van der Waals surface area (Å²) in [6, 6.07) is 13.0. The van der Waals surface area contributed by atoms with Crippen LogP contribution in [0, 0.1) is 24.4 Å². The maximum Gasteiger partial charge on any atom is 0.261 e. The van der Waals surface area contributed by atoms with E-state index < -0.39 is 47.4 Å². The second-order valence-electron chi connectivity index (χ2n) is 7.12. The lowest BCUT2D eigenvalue weighted by Gasteiger charge is -2.31. The van der Waals surface area contributed by atoms with Gasteiger partial charge < -0.3 is 10.2 Å². The van der Waals surface area contributed by atoms with Gasteiger partial charge in [-0.2, -0.15) is 0 Å². The Morgan fingerprint density at radius 3 is 2.33 bits per heavy atom. The Bertz CT molecular complexity index is 1130. The van der Waals surface area contributed by atoms with E-state index in [2.05, 4.69) is 5.32 Å². The highest BCUT2D eigenvalue weighted by Crippen LogP contribution is 2.37. The summed E-state index contributed by atoms with van der Waals surface area (Å²) in [7, 11) is 0. The number of anilines is 1. The van der Waals surface area contributed by atoms with Crippen molar-refractivity contribution >= 4 is 17.5 Å². The van der Waals surface area contributed by atoms with Gasteiger partial charge >= 0.3 is 0 Å². The number of hydrogen-bond donors (Lipinski definition) is 1. The Kier molecular flexibility index (Phi) is 5.03. The number of fused-ring (bicyclic) bond motifs is 1. The van der Waals surface area contributed by atoms with Gasteiger partial charge in [-0.1, -0.05) is 35.9 Å². The zero-order valence-corrected chi connectivity index (χ0v) is 16.0. The Morgan fingerprint density at radius 1 is 1.00 bits per heavy atom. The van der Waals surface area contributed by atoms with Crippen LogP contribution in [0.15, 0.2) is 60.7 Å². The number of nitrogens with zero attached hydrogens (tertiary/aromatic N) is 1. The smallest absolute Gasteiger partial charge is 0.261 e. The number of benzene rings is 3. The molecule has 7 heteroatoms. The van der Waals surface area contributed by atoms with Gasteiger partial charge in [0.1, 0.15) is 29.6 Å². The van der Waals surface area contributed by atoms with Crippen molar-refractivity contribution in [1.82, 2.24) is 4.90 Å². The highest BCUT2D eigenvalue weighted by atomic mass is 19.1. The molecule has 1 aliphatic rings. The fourth-order valence-electron chi connectivity index (χ4n) is 3.67. The number of carbonyl (C=O) groups excluding carboxylic acids is 2. The second-order valence-corrected chi connectivity index (χ2v) is 7.12. The highest BCUT2D eigenvalue weighted by molar-refractivity contribution is 6.01. The first kappa shape index (κ1) is 19.7. The molecule has 4 nitrogen and oxygen atoms in total. The fraction of sp³-hybridized carbons (Fsp3) is 0.130. The minimum absolute atomic E-state index is 0.428. The van der Waals surface area contributed by atoms with Crippen molar-refractivity contribution in [2.24, 2.45) is 0 Å². The summed E-state index contributed by atoms with van der Waals surface area (Å²) in [5.41, 5.74) is 1.67. The molecular formula is C23H17F3N2O2. The monoisotopic (exact) mass is 410 g/mol. The van der Waals surface area contributed by atoms with Crippen LogP contribution in [0.4, 0.5) is 18.9 Å². The third kappa shape index (κ3) is 3.54. The predicted molar refractivity (Wildman–Crippen MR) is 105 cm³/mol. The Labute approximate surface area is 170 Å². The molecule has 0 radical (unpaired) electrons. The molecule has 0 saturated heterocycles. The van der Waals surface area contributed by atoms with Crippen LogP contribution in [-0.4, -0.2) is 23.3 Å². The molecule has 0 saturated carbocycles. The lowest BCUT2D eigenvalue weighted by Crippen LogP contribution is -2.39. The fourth-order valence-corrected chi connectivity index (χ4v) is 3.67. The molecule has 1 heterocycles. The number of halogens is 3. The molecule has 0 fully saturated rings. The van der Waals surface area contributed by atoms with E-state index in [4.69, 9.17) is 0 Å². The number of rotatable bonds is 2. The van der Waals surface area contributed by atoms with E-state index in [-0.39, 0.29) is 0 Å². The molecule has 0 aromatic heterocycles. The lowest BCUT2D eigenvalue weighted by atomic mass is 9.94. The molecule has 0 bridgehead atoms. The normalized spacial score (nSPS) is 15.9. The number of amides is 2. The largest absolute Gasteiger partial charge is 0.324 e. The van der Waals surface area contributed by atoms with Crippen molar-refractivity contribution in [1.29, 1.82) is 0 Å². The van der Waals surface area contributed by atoms with Crippen LogP contribution >= 0.6 is 0 Å². The highest BCUT2D eigenvalue weighted by Gasteiger charge is 2.36. The van der Waals surface area contributed by atoms with Crippen molar-refractivity contribution in [2.75, 3.05) is 11.9 Å². The van der Waals surface area contributed by atoms with Gasteiger partial charge in [0.05, 0.1) is 6.04 Å². The maximum absolute atomic E-state index is 14.4. The van der Waals surface area contributed by atoms with Crippen LogP contribution in [0.3, 0.4) is 0 Å². The predicted octanol–water partition coefficient (Wildman–Crippen LogP) is 4.60. The zero-order valence-electron chi connectivity index (χ0n) is 16.0. The molecule has 3 aromatic rings.